The zero-order valence-electron chi connectivity index (χ0n) is 20.1. The molecule has 7 nitrogen and oxygen atoms in total. The van der Waals surface area contributed by atoms with E-state index in [2.05, 4.69) is 33.2 Å². The minimum Gasteiger partial charge on any atom is -0.409 e. The number of hydrogen-bond acceptors (Lipinski definition) is 5. The summed E-state index contributed by atoms with van der Waals surface area (Å²) in [5.41, 5.74) is 5.41. The van der Waals surface area contributed by atoms with Crippen molar-refractivity contribution in [3.05, 3.63) is 93.7 Å². The summed E-state index contributed by atoms with van der Waals surface area (Å²) >= 11 is 0. The molecule has 35 heavy (non-hydrogen) atoms. The molecule has 2 N–H and O–H groups in total. The van der Waals surface area contributed by atoms with E-state index in [-0.39, 0.29) is 11.4 Å². The predicted octanol–water partition coefficient (Wildman–Crippen LogP) is 4.59. The van der Waals surface area contributed by atoms with Crippen LogP contribution < -0.4 is 10.9 Å². The maximum atomic E-state index is 13.5. The van der Waals surface area contributed by atoms with Crippen molar-refractivity contribution in [2.75, 3.05) is 0 Å². The first-order valence-corrected chi connectivity index (χ1v) is 12.4. The molecule has 8 heteroatoms. The SMILES string of the molecule is C=C(C)n1c(CP)nc(CCCC)c(Cc2ccc(-c3ccccc3/C(=N/O)NC=O)cc2)c1=O. The maximum absolute atomic E-state index is 13.5. The summed E-state index contributed by atoms with van der Waals surface area (Å²) in [5, 5.41) is 15.0. The first kappa shape index (κ1) is 26.0. The Morgan fingerprint density at radius 2 is 1.94 bits per heavy atom. The summed E-state index contributed by atoms with van der Waals surface area (Å²) in [7, 11) is 2.65. The van der Waals surface area contributed by atoms with E-state index in [1.807, 2.05) is 43.3 Å². The number of nitrogens with one attached hydrogen (secondary N) is 1. The highest BCUT2D eigenvalue weighted by Gasteiger charge is 2.17. The highest BCUT2D eigenvalue weighted by atomic mass is 31.0. The molecule has 0 fully saturated rings. The molecule has 1 heterocycles. The van der Waals surface area contributed by atoms with Crippen molar-refractivity contribution in [1.29, 1.82) is 0 Å². The Kier molecular flexibility index (Phi) is 9.10. The molecule has 3 aromatic rings. The minimum absolute atomic E-state index is 0.0609. The second-order valence-electron chi connectivity index (χ2n) is 8.27. The Bertz CT molecular complexity index is 1300. The van der Waals surface area contributed by atoms with Gasteiger partial charge in [0, 0.05) is 29.4 Å². The van der Waals surface area contributed by atoms with Gasteiger partial charge in [0.25, 0.3) is 5.56 Å². The van der Waals surface area contributed by atoms with Gasteiger partial charge in [-0.2, -0.15) is 0 Å². The lowest BCUT2D eigenvalue weighted by Gasteiger charge is -2.17. The van der Waals surface area contributed by atoms with Crippen molar-refractivity contribution in [3.8, 4) is 11.1 Å². The number of amidine groups is 1. The van der Waals surface area contributed by atoms with Gasteiger partial charge in [0.15, 0.2) is 5.84 Å². The summed E-state index contributed by atoms with van der Waals surface area (Å²) < 4.78 is 1.61. The fourth-order valence-electron chi connectivity index (χ4n) is 4.07. The average molecular weight is 491 g/mol. The van der Waals surface area contributed by atoms with Crippen LogP contribution in [-0.4, -0.2) is 27.0 Å². The van der Waals surface area contributed by atoms with Crippen LogP contribution in [0.4, 0.5) is 0 Å². The molecule has 1 atom stereocenters. The number of rotatable bonds is 10. The molecular weight excluding hydrogens is 459 g/mol. The van der Waals surface area contributed by atoms with E-state index in [0.29, 0.717) is 41.6 Å². The first-order chi connectivity index (χ1) is 16.9. The number of allylic oxidation sites excluding steroid dienone is 1. The number of benzene rings is 2. The third kappa shape index (κ3) is 5.92. The zero-order valence-corrected chi connectivity index (χ0v) is 21.3. The lowest BCUT2D eigenvalue weighted by atomic mass is 9.96. The predicted molar refractivity (Wildman–Crippen MR) is 144 cm³/mol. The Morgan fingerprint density at radius 1 is 1.23 bits per heavy atom. The van der Waals surface area contributed by atoms with Crippen molar-refractivity contribution in [1.82, 2.24) is 14.9 Å². The first-order valence-electron chi connectivity index (χ1n) is 11.6. The van der Waals surface area contributed by atoms with Crippen LogP contribution in [0.2, 0.25) is 0 Å². The standard InChI is InChI=1S/C27H31N4O3P/c1-4-5-10-24-23(27(33)31(18(2)3)25(16-35)29-24)15-19-11-13-20(14-12-19)21-8-6-7-9-22(21)26(30-34)28-17-32/h6-9,11-14,17,34H,2,4-5,10,15-16,35H2,1,3H3,(H,28,30,32). The van der Waals surface area contributed by atoms with Crippen LogP contribution in [0.3, 0.4) is 0 Å². The van der Waals surface area contributed by atoms with Crippen LogP contribution in [0.15, 0.2) is 65.1 Å². The number of hydrogen-bond donors (Lipinski definition) is 2. The molecule has 1 unspecified atom stereocenters. The van der Waals surface area contributed by atoms with Gasteiger partial charge in [0.1, 0.15) is 5.82 Å². The number of aryl methyl sites for hydroxylation is 1. The van der Waals surface area contributed by atoms with E-state index >= 15 is 0 Å². The molecule has 182 valence electrons. The van der Waals surface area contributed by atoms with E-state index in [9.17, 15) is 14.8 Å². The fourth-order valence-corrected chi connectivity index (χ4v) is 4.35. The number of carbonyl (C=O) groups excluding carboxylic acids is 1. The van der Waals surface area contributed by atoms with E-state index in [0.717, 1.165) is 41.6 Å². The molecule has 1 amide bonds. The van der Waals surface area contributed by atoms with Crippen LogP contribution in [0.25, 0.3) is 16.8 Å². The maximum Gasteiger partial charge on any atom is 0.261 e. The Labute approximate surface area is 207 Å². The zero-order chi connectivity index (χ0) is 25.4. The fraction of sp³-hybridized carbons (Fsp3) is 0.259. The number of unbranched alkanes of at least 4 members (excludes halogenated alkanes) is 1. The average Bonchev–Trinajstić information content (AvgIpc) is 2.87. The lowest BCUT2D eigenvalue weighted by molar-refractivity contribution is -0.108. The number of nitrogens with zero attached hydrogens (tertiary/aromatic N) is 3. The van der Waals surface area contributed by atoms with Gasteiger partial charge >= 0.3 is 0 Å². The normalized spacial score (nSPS) is 11.3. The second kappa shape index (κ2) is 12.2. The van der Waals surface area contributed by atoms with Crippen molar-refractivity contribution in [2.45, 2.75) is 45.7 Å². The largest absolute Gasteiger partial charge is 0.409 e. The Hall–Kier alpha value is -3.57. The molecular formula is C27H31N4O3P. The number of oxime groups is 1. The van der Waals surface area contributed by atoms with Gasteiger partial charge in [0.2, 0.25) is 6.41 Å². The van der Waals surface area contributed by atoms with E-state index in [1.165, 1.54) is 0 Å². The molecule has 0 radical (unpaired) electrons. The molecule has 0 spiro atoms. The Morgan fingerprint density at radius 3 is 2.54 bits per heavy atom. The molecule has 0 saturated carbocycles. The van der Waals surface area contributed by atoms with Gasteiger partial charge in [-0.1, -0.05) is 73.6 Å². The molecule has 0 aliphatic rings. The van der Waals surface area contributed by atoms with Gasteiger partial charge in [0.05, 0.1) is 5.69 Å². The molecule has 0 aliphatic heterocycles. The number of aromatic nitrogens is 2. The second-order valence-corrected chi connectivity index (χ2v) is 8.68. The Balaban J connectivity index is 2.01. The van der Waals surface area contributed by atoms with Gasteiger partial charge in [-0.3, -0.25) is 14.2 Å². The summed E-state index contributed by atoms with van der Waals surface area (Å²) in [6.07, 6.45) is 4.26. The highest BCUT2D eigenvalue weighted by molar-refractivity contribution is 7.15. The molecule has 3 rings (SSSR count). The molecule has 1 aromatic heterocycles. The summed E-state index contributed by atoms with van der Waals surface area (Å²) in [4.78, 5) is 29.2. The van der Waals surface area contributed by atoms with Crippen molar-refractivity contribution < 1.29 is 10.0 Å². The van der Waals surface area contributed by atoms with Crippen LogP contribution in [0, 0.1) is 0 Å². The van der Waals surface area contributed by atoms with Gasteiger partial charge in [-0.05, 0) is 36.5 Å². The van der Waals surface area contributed by atoms with E-state index < -0.39 is 0 Å². The smallest absolute Gasteiger partial charge is 0.261 e. The number of carbonyl (C=O) groups is 1. The molecule has 2 aromatic carbocycles. The van der Waals surface area contributed by atoms with Crippen LogP contribution in [0.1, 0.15) is 54.9 Å². The summed E-state index contributed by atoms with van der Waals surface area (Å²) in [6, 6.07) is 15.2. The van der Waals surface area contributed by atoms with Gasteiger partial charge < -0.3 is 10.5 Å². The van der Waals surface area contributed by atoms with Crippen LogP contribution >= 0.6 is 9.24 Å². The van der Waals surface area contributed by atoms with Gasteiger partial charge in [-0.25, -0.2) is 4.98 Å². The van der Waals surface area contributed by atoms with Gasteiger partial charge in [-0.15, -0.1) is 9.24 Å². The monoisotopic (exact) mass is 490 g/mol. The third-order valence-corrected chi connectivity index (χ3v) is 6.15. The summed E-state index contributed by atoms with van der Waals surface area (Å²) in [6.45, 7) is 7.92. The van der Waals surface area contributed by atoms with E-state index in [4.69, 9.17) is 4.98 Å². The lowest BCUT2D eigenvalue weighted by Crippen LogP contribution is -2.29. The number of amides is 1. The van der Waals surface area contributed by atoms with Crippen LogP contribution in [0.5, 0.6) is 0 Å². The van der Waals surface area contributed by atoms with E-state index in [1.54, 1.807) is 16.7 Å². The quantitative estimate of drug-likeness (QED) is 0.108. The summed E-state index contributed by atoms with van der Waals surface area (Å²) in [5.74, 6) is 0.778. The van der Waals surface area contributed by atoms with Crippen molar-refractivity contribution in [2.24, 2.45) is 5.16 Å². The van der Waals surface area contributed by atoms with Crippen molar-refractivity contribution >= 4 is 27.2 Å². The third-order valence-electron chi connectivity index (χ3n) is 5.79. The highest BCUT2D eigenvalue weighted by Crippen LogP contribution is 2.25. The minimum atomic E-state index is -0.0609. The molecule has 0 aliphatic carbocycles. The molecule has 0 saturated heterocycles. The molecule has 0 bridgehead atoms. The van der Waals surface area contributed by atoms with Crippen molar-refractivity contribution in [3.63, 3.8) is 0 Å². The topological polar surface area (TPSA) is 96.6 Å². The van der Waals surface area contributed by atoms with Crippen LogP contribution in [-0.2, 0) is 23.8 Å².